The second-order valence-corrected chi connectivity index (χ2v) is 11.2. The zero-order valence-corrected chi connectivity index (χ0v) is 20.3. The van der Waals surface area contributed by atoms with Gasteiger partial charge in [0.05, 0.1) is 12.9 Å². The van der Waals surface area contributed by atoms with Crippen LogP contribution >= 0.6 is 0 Å². The van der Waals surface area contributed by atoms with Crippen LogP contribution in [-0.4, -0.2) is 65.3 Å². The van der Waals surface area contributed by atoms with Gasteiger partial charge >= 0.3 is 0 Å². The molecule has 2 aromatic heterocycles. The van der Waals surface area contributed by atoms with Gasteiger partial charge in [0.1, 0.15) is 24.6 Å². The van der Waals surface area contributed by atoms with Crippen molar-refractivity contribution in [3.8, 4) is 0 Å². The zero-order valence-electron chi connectivity index (χ0n) is 20.3. The summed E-state index contributed by atoms with van der Waals surface area (Å²) in [4.78, 5) is 13.5. The van der Waals surface area contributed by atoms with Crippen molar-refractivity contribution < 1.29 is 20.1 Å². The first-order valence-corrected chi connectivity index (χ1v) is 12.4. The quantitative estimate of drug-likeness (QED) is 0.491. The lowest BCUT2D eigenvalue weighted by molar-refractivity contribution is -0.0511. The van der Waals surface area contributed by atoms with Crippen LogP contribution in [0.3, 0.4) is 0 Å². The van der Waals surface area contributed by atoms with Gasteiger partial charge in [-0.2, -0.15) is 0 Å². The SMILES string of the molecule is C=C(C)C1CCC2(C)CCCC(C)(Nc3ncnc4c3ncn4C3OC(CO)C(O)C3O)C2C1. The molecule has 2 aliphatic carbocycles. The van der Waals surface area contributed by atoms with E-state index in [1.165, 1.54) is 37.6 Å². The number of anilines is 1. The van der Waals surface area contributed by atoms with Crippen LogP contribution in [0.5, 0.6) is 0 Å². The van der Waals surface area contributed by atoms with Gasteiger partial charge in [-0.1, -0.05) is 25.5 Å². The van der Waals surface area contributed by atoms with Gasteiger partial charge in [0.15, 0.2) is 23.2 Å². The van der Waals surface area contributed by atoms with E-state index in [1.807, 2.05) is 0 Å². The number of ether oxygens (including phenoxy) is 1. The van der Waals surface area contributed by atoms with Crippen LogP contribution in [0.1, 0.15) is 65.5 Å². The molecule has 0 radical (unpaired) electrons. The second-order valence-electron chi connectivity index (χ2n) is 11.2. The minimum absolute atomic E-state index is 0.145. The largest absolute Gasteiger partial charge is 0.394 e. The predicted molar refractivity (Wildman–Crippen MR) is 128 cm³/mol. The summed E-state index contributed by atoms with van der Waals surface area (Å²) in [6.45, 7) is 10.8. The van der Waals surface area contributed by atoms with E-state index in [-0.39, 0.29) is 17.6 Å². The maximum Gasteiger partial charge on any atom is 0.167 e. The Labute approximate surface area is 200 Å². The van der Waals surface area contributed by atoms with Gasteiger partial charge in [0, 0.05) is 5.54 Å². The van der Waals surface area contributed by atoms with Gasteiger partial charge in [0.2, 0.25) is 0 Å². The number of rotatable bonds is 5. The number of allylic oxidation sites excluding steroid dienone is 1. The molecule has 1 aliphatic heterocycles. The first kappa shape index (κ1) is 23.7. The van der Waals surface area contributed by atoms with E-state index >= 15 is 0 Å². The number of aliphatic hydroxyl groups excluding tert-OH is 3. The number of aromatic nitrogens is 4. The zero-order chi connectivity index (χ0) is 24.3. The summed E-state index contributed by atoms with van der Waals surface area (Å²) >= 11 is 0. The fraction of sp³-hybridized carbons (Fsp3) is 0.720. The molecule has 2 saturated carbocycles. The highest BCUT2D eigenvalue weighted by Gasteiger charge is 2.52. The van der Waals surface area contributed by atoms with Gasteiger partial charge in [0.25, 0.3) is 0 Å². The molecule has 3 aliphatic rings. The Morgan fingerprint density at radius 3 is 2.71 bits per heavy atom. The monoisotopic (exact) mass is 471 g/mol. The van der Waals surface area contributed by atoms with Crippen molar-refractivity contribution in [2.45, 2.75) is 89.4 Å². The van der Waals surface area contributed by atoms with Crippen molar-refractivity contribution >= 4 is 17.0 Å². The first-order valence-electron chi connectivity index (χ1n) is 12.4. The number of fused-ring (bicyclic) bond motifs is 2. The van der Waals surface area contributed by atoms with Crippen molar-refractivity contribution in [2.24, 2.45) is 17.3 Å². The van der Waals surface area contributed by atoms with Crippen LogP contribution in [0.15, 0.2) is 24.8 Å². The van der Waals surface area contributed by atoms with Gasteiger partial charge in [-0.25, -0.2) is 15.0 Å². The fourth-order valence-electron chi connectivity index (χ4n) is 6.83. The minimum atomic E-state index is -1.20. The Bertz CT molecular complexity index is 1070. The third-order valence-electron chi connectivity index (χ3n) is 8.89. The molecule has 3 heterocycles. The lowest BCUT2D eigenvalue weighted by Gasteiger charge is -2.56. The van der Waals surface area contributed by atoms with Gasteiger partial charge < -0.3 is 25.4 Å². The molecule has 1 saturated heterocycles. The van der Waals surface area contributed by atoms with E-state index in [0.29, 0.717) is 28.8 Å². The molecule has 3 fully saturated rings. The Morgan fingerprint density at radius 1 is 1.21 bits per heavy atom. The summed E-state index contributed by atoms with van der Waals surface area (Å²) in [5.41, 5.74) is 2.53. The lowest BCUT2D eigenvalue weighted by atomic mass is 9.52. The highest BCUT2D eigenvalue weighted by atomic mass is 16.6. The van der Waals surface area contributed by atoms with E-state index in [2.05, 4.69) is 47.6 Å². The average Bonchev–Trinajstić information content (AvgIpc) is 3.35. The normalized spacial score (nSPS) is 40.3. The molecule has 8 atom stereocenters. The van der Waals surface area contributed by atoms with E-state index < -0.39 is 24.5 Å². The smallest absolute Gasteiger partial charge is 0.167 e. The lowest BCUT2D eigenvalue weighted by Crippen LogP contribution is -2.55. The molecule has 0 aromatic carbocycles. The topological polar surface area (TPSA) is 126 Å². The summed E-state index contributed by atoms with van der Waals surface area (Å²) in [6, 6.07) is 0. The molecule has 2 aromatic rings. The molecule has 0 spiro atoms. The molecule has 0 bridgehead atoms. The Hall–Kier alpha value is -2.07. The number of hydrogen-bond donors (Lipinski definition) is 4. The summed E-state index contributed by atoms with van der Waals surface area (Å²) < 4.78 is 7.31. The Morgan fingerprint density at radius 2 is 2.00 bits per heavy atom. The van der Waals surface area contributed by atoms with Crippen molar-refractivity contribution in [1.29, 1.82) is 0 Å². The van der Waals surface area contributed by atoms with E-state index in [9.17, 15) is 15.3 Å². The van der Waals surface area contributed by atoms with Gasteiger partial charge in [-0.3, -0.25) is 4.57 Å². The summed E-state index contributed by atoms with van der Waals surface area (Å²) in [5, 5.41) is 33.9. The van der Waals surface area contributed by atoms with E-state index in [0.717, 1.165) is 12.8 Å². The number of nitrogens with zero attached hydrogens (tertiary/aromatic N) is 4. The molecular weight excluding hydrogens is 434 g/mol. The van der Waals surface area contributed by atoms with Crippen LogP contribution in [0.4, 0.5) is 5.82 Å². The highest BCUT2D eigenvalue weighted by Crippen LogP contribution is 2.57. The first-order chi connectivity index (χ1) is 16.2. The number of nitrogens with one attached hydrogen (secondary N) is 1. The number of hydrogen-bond acceptors (Lipinski definition) is 8. The molecule has 5 rings (SSSR count). The van der Waals surface area contributed by atoms with Crippen LogP contribution in [0.25, 0.3) is 11.2 Å². The van der Waals surface area contributed by atoms with Crippen molar-refractivity contribution in [1.82, 2.24) is 19.5 Å². The minimum Gasteiger partial charge on any atom is -0.394 e. The van der Waals surface area contributed by atoms with Crippen molar-refractivity contribution in [2.75, 3.05) is 11.9 Å². The summed E-state index contributed by atoms with van der Waals surface area (Å²) in [6.07, 6.45) is 5.94. The third-order valence-corrected chi connectivity index (χ3v) is 8.89. The van der Waals surface area contributed by atoms with E-state index in [4.69, 9.17) is 4.74 Å². The van der Waals surface area contributed by atoms with E-state index in [1.54, 1.807) is 10.9 Å². The van der Waals surface area contributed by atoms with Crippen LogP contribution in [-0.2, 0) is 4.74 Å². The summed E-state index contributed by atoms with van der Waals surface area (Å²) in [7, 11) is 0. The maximum absolute atomic E-state index is 10.5. The van der Waals surface area contributed by atoms with Gasteiger partial charge in [-0.05, 0) is 63.2 Å². The molecule has 9 nitrogen and oxygen atoms in total. The molecule has 4 N–H and O–H groups in total. The van der Waals surface area contributed by atoms with Crippen molar-refractivity contribution in [3.63, 3.8) is 0 Å². The third kappa shape index (κ3) is 3.73. The highest BCUT2D eigenvalue weighted by molar-refractivity contribution is 5.83. The number of imidazole rings is 1. The van der Waals surface area contributed by atoms with Crippen molar-refractivity contribution in [3.05, 3.63) is 24.8 Å². The summed E-state index contributed by atoms with van der Waals surface area (Å²) in [5.74, 6) is 1.70. The maximum atomic E-state index is 10.5. The predicted octanol–water partition coefficient (Wildman–Crippen LogP) is 2.79. The average molecular weight is 472 g/mol. The number of aliphatic hydroxyl groups is 3. The molecule has 0 amide bonds. The molecule has 34 heavy (non-hydrogen) atoms. The molecule has 186 valence electrons. The second kappa shape index (κ2) is 8.55. The van der Waals surface area contributed by atoms with Gasteiger partial charge in [-0.15, -0.1) is 0 Å². The molecule has 9 heteroatoms. The molecular formula is C25H37N5O4. The standard InChI is InChI=1S/C25H37N5O4/c1-14(2)15-6-9-24(3)7-5-8-25(4,17(24)10-15)29-21-18-22(27-12-26-21)30(13-28-18)23-20(33)19(32)16(11-31)34-23/h12-13,15-17,19-20,23,31-33H,1,5-11H2,2-4H3,(H,26,27,29). The Balaban J connectivity index is 1.47. The van der Waals surface area contributed by atoms with Crippen LogP contribution < -0.4 is 5.32 Å². The van der Waals surface area contributed by atoms with Crippen LogP contribution in [0.2, 0.25) is 0 Å². The molecule has 8 unspecified atom stereocenters. The van der Waals surface area contributed by atoms with Crippen LogP contribution in [0, 0.1) is 17.3 Å². The Kier molecular flexibility index (Phi) is 5.95. The fourth-order valence-corrected chi connectivity index (χ4v) is 6.83.